The summed E-state index contributed by atoms with van der Waals surface area (Å²) < 4.78 is 22.6. The Bertz CT molecular complexity index is 977. The molecule has 0 radical (unpaired) electrons. The van der Waals surface area contributed by atoms with Crippen molar-refractivity contribution in [3.63, 3.8) is 0 Å². The third-order valence-electron chi connectivity index (χ3n) is 6.84. The highest BCUT2D eigenvalue weighted by Gasteiger charge is 2.40. The van der Waals surface area contributed by atoms with Gasteiger partial charge in [0.1, 0.15) is 6.10 Å². The Morgan fingerprint density at radius 2 is 1.61 bits per heavy atom. The third-order valence-corrected chi connectivity index (χ3v) is 6.84. The summed E-state index contributed by atoms with van der Waals surface area (Å²) in [5.74, 6) is 0.558. The Morgan fingerprint density at radius 1 is 0.939 bits per heavy atom. The molecule has 0 amide bonds. The van der Waals surface area contributed by atoms with Gasteiger partial charge in [-0.1, -0.05) is 6.42 Å². The Labute approximate surface area is 195 Å². The predicted molar refractivity (Wildman–Crippen MR) is 124 cm³/mol. The minimum Gasteiger partial charge on any atom is -0.493 e. The predicted octanol–water partition coefficient (Wildman–Crippen LogP) is 4.56. The topological polar surface area (TPSA) is 83.1 Å². The third kappa shape index (κ3) is 4.45. The van der Waals surface area contributed by atoms with Gasteiger partial charge in [-0.15, -0.1) is 0 Å². The van der Waals surface area contributed by atoms with Crippen molar-refractivity contribution in [1.29, 1.82) is 0 Å². The van der Waals surface area contributed by atoms with Crippen molar-refractivity contribution in [2.45, 2.75) is 70.3 Å². The number of carbonyl (C=O) groups excluding carboxylic acids is 2. The van der Waals surface area contributed by atoms with Crippen LogP contribution in [0.25, 0.3) is 0 Å². The van der Waals surface area contributed by atoms with Crippen molar-refractivity contribution in [2.75, 3.05) is 21.3 Å². The average Bonchev–Trinajstić information content (AvgIpc) is 2.82. The molecule has 1 heterocycles. The molecular formula is C26H33NO6. The molecule has 2 aliphatic carbocycles. The number of hydrogen-bond acceptors (Lipinski definition) is 7. The molecule has 1 N–H and O–H groups in total. The van der Waals surface area contributed by atoms with Gasteiger partial charge in [0.2, 0.25) is 5.75 Å². The number of ether oxygens (including phenoxy) is 4. The highest BCUT2D eigenvalue weighted by molar-refractivity contribution is 6.03. The summed E-state index contributed by atoms with van der Waals surface area (Å²) in [5.41, 5.74) is 3.46. The normalized spacial score (nSPS) is 21.3. The lowest BCUT2D eigenvalue weighted by Gasteiger charge is -2.35. The molecule has 7 nitrogen and oxygen atoms in total. The second-order valence-corrected chi connectivity index (χ2v) is 8.89. The molecule has 0 unspecified atom stereocenters. The van der Waals surface area contributed by atoms with E-state index in [1.54, 1.807) is 21.3 Å². The van der Waals surface area contributed by atoms with Crippen LogP contribution in [-0.2, 0) is 14.3 Å². The molecule has 1 saturated carbocycles. The molecular weight excluding hydrogens is 422 g/mol. The number of rotatable bonds is 6. The second kappa shape index (κ2) is 9.89. The van der Waals surface area contributed by atoms with E-state index >= 15 is 0 Å². The lowest BCUT2D eigenvalue weighted by Crippen LogP contribution is -2.35. The van der Waals surface area contributed by atoms with Gasteiger partial charge in [0.15, 0.2) is 17.3 Å². The zero-order valence-electron chi connectivity index (χ0n) is 19.9. The number of nitrogens with one attached hydrogen (secondary N) is 1. The molecule has 1 atom stereocenters. The SMILES string of the molecule is COc1cc([C@H]2C(C(=O)OC3CCCCC3)=C(C)NC3=C2C(=O)CCC3)cc(OC)c1OC. The number of esters is 1. The van der Waals surface area contributed by atoms with E-state index in [1.807, 2.05) is 19.1 Å². The van der Waals surface area contributed by atoms with E-state index in [2.05, 4.69) is 5.32 Å². The van der Waals surface area contributed by atoms with E-state index < -0.39 is 5.92 Å². The molecule has 3 aliphatic rings. The maximum atomic E-state index is 13.5. The fourth-order valence-electron chi connectivity index (χ4n) is 5.25. The molecule has 33 heavy (non-hydrogen) atoms. The van der Waals surface area contributed by atoms with E-state index in [0.29, 0.717) is 34.8 Å². The van der Waals surface area contributed by atoms with Crippen LogP contribution in [0.2, 0.25) is 0 Å². The maximum Gasteiger partial charge on any atom is 0.337 e. The zero-order chi connectivity index (χ0) is 23.5. The van der Waals surface area contributed by atoms with E-state index in [0.717, 1.165) is 55.5 Å². The van der Waals surface area contributed by atoms with Crippen LogP contribution in [0.1, 0.15) is 69.8 Å². The summed E-state index contributed by atoms with van der Waals surface area (Å²) in [6.45, 7) is 1.88. The summed E-state index contributed by atoms with van der Waals surface area (Å²) in [4.78, 5) is 26.7. The van der Waals surface area contributed by atoms with E-state index in [1.165, 1.54) is 6.42 Å². The second-order valence-electron chi connectivity index (χ2n) is 8.89. The number of dihydropyridines is 1. The summed E-state index contributed by atoms with van der Waals surface area (Å²) in [6.07, 6.45) is 7.02. The van der Waals surface area contributed by atoms with Crippen molar-refractivity contribution in [2.24, 2.45) is 0 Å². The summed E-state index contributed by atoms with van der Waals surface area (Å²) >= 11 is 0. The Morgan fingerprint density at radius 3 is 2.21 bits per heavy atom. The molecule has 1 aromatic rings. The molecule has 178 valence electrons. The summed E-state index contributed by atoms with van der Waals surface area (Å²) in [6, 6.07) is 3.65. The molecule has 0 spiro atoms. The number of carbonyl (C=O) groups is 2. The minimum atomic E-state index is -0.557. The Balaban J connectivity index is 1.82. The number of benzene rings is 1. The first-order chi connectivity index (χ1) is 16.0. The van der Waals surface area contributed by atoms with Crippen molar-refractivity contribution >= 4 is 11.8 Å². The molecule has 7 heteroatoms. The quantitative estimate of drug-likeness (QED) is 0.630. The van der Waals surface area contributed by atoms with Gasteiger partial charge in [0.25, 0.3) is 0 Å². The van der Waals surface area contributed by atoms with Gasteiger partial charge in [0, 0.05) is 29.3 Å². The fourth-order valence-corrected chi connectivity index (χ4v) is 5.25. The van der Waals surface area contributed by atoms with Crippen LogP contribution in [0, 0.1) is 0 Å². The van der Waals surface area contributed by atoms with Crippen LogP contribution in [0.5, 0.6) is 17.2 Å². The fraction of sp³-hybridized carbons (Fsp3) is 0.538. The standard InChI is InChI=1S/C26H33NO6/c1-15-22(26(29)33-17-9-6-5-7-10-17)23(24-18(27-15)11-8-12-19(24)28)16-13-20(30-2)25(32-4)21(14-16)31-3/h13-14,17,23,27H,5-12H2,1-4H3/t23-/m0/s1. The highest BCUT2D eigenvalue weighted by atomic mass is 16.5. The van der Waals surface area contributed by atoms with Gasteiger partial charge < -0.3 is 24.3 Å². The highest BCUT2D eigenvalue weighted by Crippen LogP contribution is 2.47. The maximum absolute atomic E-state index is 13.5. The van der Waals surface area contributed by atoms with Gasteiger partial charge in [-0.3, -0.25) is 4.79 Å². The molecule has 0 saturated heterocycles. The van der Waals surface area contributed by atoms with Gasteiger partial charge in [-0.25, -0.2) is 4.79 Å². The molecule has 0 bridgehead atoms. The average molecular weight is 456 g/mol. The molecule has 0 aromatic heterocycles. The molecule has 4 rings (SSSR count). The first-order valence-corrected chi connectivity index (χ1v) is 11.7. The van der Waals surface area contributed by atoms with Gasteiger partial charge in [-0.05, 0) is 63.1 Å². The monoisotopic (exact) mass is 455 g/mol. The molecule has 1 aliphatic heterocycles. The number of ketones is 1. The van der Waals surface area contributed by atoms with E-state index in [4.69, 9.17) is 18.9 Å². The minimum absolute atomic E-state index is 0.0537. The van der Waals surface area contributed by atoms with Crippen LogP contribution in [0.4, 0.5) is 0 Å². The number of methoxy groups -OCH3 is 3. The van der Waals surface area contributed by atoms with Crippen molar-refractivity contribution in [1.82, 2.24) is 5.32 Å². The van der Waals surface area contributed by atoms with Crippen LogP contribution < -0.4 is 19.5 Å². The smallest absolute Gasteiger partial charge is 0.337 e. The van der Waals surface area contributed by atoms with Crippen molar-refractivity contribution < 1.29 is 28.5 Å². The number of allylic oxidation sites excluding steroid dienone is 3. The van der Waals surface area contributed by atoms with Gasteiger partial charge in [-0.2, -0.15) is 0 Å². The largest absolute Gasteiger partial charge is 0.493 e. The van der Waals surface area contributed by atoms with Crippen LogP contribution in [-0.4, -0.2) is 39.2 Å². The Hall–Kier alpha value is -2.96. The van der Waals surface area contributed by atoms with Crippen LogP contribution in [0.3, 0.4) is 0 Å². The Kier molecular flexibility index (Phi) is 6.96. The first kappa shape index (κ1) is 23.2. The summed E-state index contributed by atoms with van der Waals surface area (Å²) in [5, 5.41) is 3.35. The molecule has 1 aromatic carbocycles. The number of Topliss-reactive ketones (excluding diaryl/α,β-unsaturated/α-hetero) is 1. The van der Waals surface area contributed by atoms with Crippen molar-refractivity contribution in [3.8, 4) is 17.2 Å². The first-order valence-electron chi connectivity index (χ1n) is 11.7. The van der Waals surface area contributed by atoms with E-state index in [-0.39, 0.29) is 17.9 Å². The van der Waals surface area contributed by atoms with Gasteiger partial charge >= 0.3 is 5.97 Å². The summed E-state index contributed by atoms with van der Waals surface area (Å²) in [7, 11) is 4.66. The molecule has 1 fully saturated rings. The van der Waals surface area contributed by atoms with Crippen LogP contribution in [0.15, 0.2) is 34.7 Å². The van der Waals surface area contributed by atoms with Crippen molar-refractivity contribution in [3.05, 3.63) is 40.2 Å². The van der Waals surface area contributed by atoms with E-state index in [9.17, 15) is 9.59 Å². The van der Waals surface area contributed by atoms with Gasteiger partial charge in [0.05, 0.1) is 26.9 Å². The van der Waals surface area contributed by atoms with Crippen LogP contribution >= 0.6 is 0 Å². The zero-order valence-corrected chi connectivity index (χ0v) is 19.9. The lowest BCUT2D eigenvalue weighted by atomic mass is 9.75. The lowest BCUT2D eigenvalue weighted by molar-refractivity contribution is -0.146. The number of hydrogen-bond donors (Lipinski definition) is 1.